The number of nitrogens with zero attached hydrogens (tertiary/aromatic N) is 2. The summed E-state index contributed by atoms with van der Waals surface area (Å²) < 4.78 is 1.05. The van der Waals surface area contributed by atoms with Crippen LogP contribution in [0.2, 0.25) is 0 Å². The van der Waals surface area contributed by atoms with E-state index in [-0.39, 0.29) is 5.91 Å². The molecule has 4 nitrogen and oxygen atoms in total. The van der Waals surface area contributed by atoms with Crippen molar-refractivity contribution >= 4 is 44.1 Å². The number of nitrogens with one attached hydrogen (secondary N) is 1. The van der Waals surface area contributed by atoms with E-state index >= 15 is 0 Å². The van der Waals surface area contributed by atoms with Crippen molar-refractivity contribution in [2.24, 2.45) is 11.8 Å². The average Bonchev–Trinajstić information content (AvgIpc) is 3.15. The second-order valence-electron chi connectivity index (χ2n) is 8.83. The standard InChI is InChI=1S/C25H32BrN3OS/c1-17(2)15-29(16-18(3)4)13-7-12-27-25(30)20-14-22(23-10-11-24(26)31-23)28-21-9-6-5-8-19(20)21/h5-6,8-11,14,17-18H,7,12-13,15-16H2,1-4H3,(H,27,30). The number of rotatable bonds is 10. The van der Waals surface area contributed by atoms with Crippen molar-refractivity contribution in [2.45, 2.75) is 34.1 Å². The molecule has 31 heavy (non-hydrogen) atoms. The smallest absolute Gasteiger partial charge is 0.252 e. The Labute approximate surface area is 198 Å². The van der Waals surface area contributed by atoms with Crippen LogP contribution in [0.15, 0.2) is 46.3 Å². The van der Waals surface area contributed by atoms with E-state index in [0.29, 0.717) is 23.9 Å². The third-order valence-corrected chi connectivity index (χ3v) is 6.62. The maximum absolute atomic E-state index is 13.1. The quantitative estimate of drug-likeness (QED) is 0.324. The fraction of sp³-hybridized carbons (Fsp3) is 0.440. The highest BCUT2D eigenvalue weighted by Gasteiger charge is 2.15. The van der Waals surface area contributed by atoms with Gasteiger partial charge in [0.05, 0.1) is 25.4 Å². The van der Waals surface area contributed by atoms with E-state index in [2.05, 4.69) is 53.8 Å². The van der Waals surface area contributed by atoms with Crippen LogP contribution in [-0.4, -0.2) is 42.0 Å². The summed E-state index contributed by atoms with van der Waals surface area (Å²) in [5.74, 6) is 1.26. The molecule has 0 bridgehead atoms. The minimum Gasteiger partial charge on any atom is -0.352 e. The van der Waals surface area contributed by atoms with Crippen molar-refractivity contribution in [1.82, 2.24) is 15.2 Å². The summed E-state index contributed by atoms with van der Waals surface area (Å²) in [6.07, 6.45) is 0.943. The third kappa shape index (κ3) is 6.86. The van der Waals surface area contributed by atoms with Crippen LogP contribution in [0.3, 0.4) is 0 Å². The molecule has 2 aromatic heterocycles. The first kappa shape index (κ1) is 23.9. The molecule has 0 saturated heterocycles. The molecule has 0 aliphatic rings. The summed E-state index contributed by atoms with van der Waals surface area (Å²) in [5, 5.41) is 4.03. The molecule has 0 spiro atoms. The van der Waals surface area contributed by atoms with Gasteiger partial charge in [-0.25, -0.2) is 4.98 Å². The first-order chi connectivity index (χ1) is 14.8. The molecule has 0 saturated carbocycles. The zero-order valence-electron chi connectivity index (χ0n) is 18.8. The molecule has 166 valence electrons. The zero-order chi connectivity index (χ0) is 22.4. The Kier molecular flexibility index (Phi) is 8.64. The molecule has 1 aromatic carbocycles. The molecule has 0 aliphatic carbocycles. The minimum atomic E-state index is -0.0326. The number of aromatic nitrogens is 1. The molecule has 2 heterocycles. The Balaban J connectivity index is 1.70. The summed E-state index contributed by atoms with van der Waals surface area (Å²) in [5.41, 5.74) is 2.36. The number of amides is 1. The van der Waals surface area contributed by atoms with Crippen LogP contribution in [0.4, 0.5) is 0 Å². The number of fused-ring (bicyclic) bond motifs is 1. The third-order valence-electron chi connectivity index (χ3n) is 4.97. The molecule has 3 aromatic rings. The lowest BCUT2D eigenvalue weighted by molar-refractivity contribution is 0.0952. The molecule has 0 fully saturated rings. The Hall–Kier alpha value is -1.76. The van der Waals surface area contributed by atoms with Crippen LogP contribution in [-0.2, 0) is 0 Å². The second kappa shape index (κ2) is 11.2. The van der Waals surface area contributed by atoms with Crippen LogP contribution in [0, 0.1) is 11.8 Å². The summed E-state index contributed by atoms with van der Waals surface area (Å²) in [6.45, 7) is 12.9. The van der Waals surface area contributed by atoms with Gasteiger partial charge in [0, 0.05) is 25.0 Å². The normalized spacial score (nSPS) is 11.7. The van der Waals surface area contributed by atoms with Gasteiger partial charge in [-0.3, -0.25) is 4.79 Å². The Bertz CT molecular complexity index is 1000. The first-order valence-corrected chi connectivity index (χ1v) is 12.6. The topological polar surface area (TPSA) is 45.2 Å². The highest BCUT2D eigenvalue weighted by molar-refractivity contribution is 9.11. The van der Waals surface area contributed by atoms with Crippen molar-refractivity contribution in [2.75, 3.05) is 26.2 Å². The predicted molar refractivity (Wildman–Crippen MR) is 136 cm³/mol. The molecule has 0 radical (unpaired) electrons. The van der Waals surface area contributed by atoms with Gasteiger partial charge in [0.2, 0.25) is 0 Å². The average molecular weight is 503 g/mol. The van der Waals surface area contributed by atoms with Gasteiger partial charge < -0.3 is 10.2 Å². The van der Waals surface area contributed by atoms with Crippen molar-refractivity contribution in [3.8, 4) is 10.6 Å². The van der Waals surface area contributed by atoms with Gasteiger partial charge in [-0.15, -0.1) is 11.3 Å². The van der Waals surface area contributed by atoms with E-state index in [1.165, 1.54) is 0 Å². The number of carbonyl (C=O) groups excluding carboxylic acids is 1. The van der Waals surface area contributed by atoms with E-state index in [1.807, 2.05) is 42.5 Å². The molecule has 6 heteroatoms. The van der Waals surface area contributed by atoms with E-state index in [4.69, 9.17) is 4.98 Å². The Morgan fingerprint density at radius 1 is 1.10 bits per heavy atom. The van der Waals surface area contributed by atoms with Crippen LogP contribution in [0.5, 0.6) is 0 Å². The lowest BCUT2D eigenvalue weighted by atomic mass is 10.1. The molecule has 3 rings (SSSR count). The SMILES string of the molecule is CC(C)CN(CCCNC(=O)c1cc(-c2ccc(Br)s2)nc2ccccc12)CC(C)C. The summed E-state index contributed by atoms with van der Waals surface area (Å²) >= 11 is 5.14. The lowest BCUT2D eigenvalue weighted by Crippen LogP contribution is -2.34. The maximum Gasteiger partial charge on any atom is 0.252 e. The van der Waals surface area contributed by atoms with Crippen LogP contribution < -0.4 is 5.32 Å². The molecule has 0 unspecified atom stereocenters. The van der Waals surface area contributed by atoms with Crippen LogP contribution in [0.25, 0.3) is 21.5 Å². The van der Waals surface area contributed by atoms with Crippen molar-refractivity contribution in [1.29, 1.82) is 0 Å². The molecule has 1 N–H and O–H groups in total. The van der Waals surface area contributed by atoms with Gasteiger partial charge in [-0.2, -0.15) is 0 Å². The monoisotopic (exact) mass is 501 g/mol. The number of halogens is 1. The van der Waals surface area contributed by atoms with Gasteiger partial charge in [-0.05, 0) is 65.0 Å². The largest absolute Gasteiger partial charge is 0.352 e. The highest BCUT2D eigenvalue weighted by Crippen LogP contribution is 2.32. The summed E-state index contributed by atoms with van der Waals surface area (Å²) in [6, 6.07) is 13.8. The second-order valence-corrected chi connectivity index (χ2v) is 11.3. The number of para-hydroxylation sites is 1. The maximum atomic E-state index is 13.1. The first-order valence-electron chi connectivity index (χ1n) is 11.0. The predicted octanol–water partition coefficient (Wildman–Crippen LogP) is 6.46. The Morgan fingerprint density at radius 3 is 2.45 bits per heavy atom. The number of hydrogen-bond acceptors (Lipinski definition) is 4. The minimum absolute atomic E-state index is 0.0326. The van der Waals surface area contributed by atoms with Gasteiger partial charge in [0.25, 0.3) is 5.91 Å². The molecule has 1 amide bonds. The highest BCUT2D eigenvalue weighted by atomic mass is 79.9. The summed E-state index contributed by atoms with van der Waals surface area (Å²) in [4.78, 5) is 21.4. The fourth-order valence-electron chi connectivity index (χ4n) is 3.83. The Morgan fingerprint density at radius 2 is 1.81 bits per heavy atom. The lowest BCUT2D eigenvalue weighted by Gasteiger charge is -2.26. The van der Waals surface area contributed by atoms with Crippen molar-refractivity contribution in [3.05, 3.63) is 51.8 Å². The van der Waals surface area contributed by atoms with E-state index in [1.54, 1.807) is 11.3 Å². The number of benzene rings is 1. The van der Waals surface area contributed by atoms with Gasteiger partial charge in [-0.1, -0.05) is 45.9 Å². The van der Waals surface area contributed by atoms with Gasteiger partial charge in [0.15, 0.2) is 0 Å². The van der Waals surface area contributed by atoms with Gasteiger partial charge >= 0.3 is 0 Å². The van der Waals surface area contributed by atoms with E-state index in [9.17, 15) is 4.79 Å². The zero-order valence-corrected chi connectivity index (χ0v) is 21.2. The number of hydrogen-bond donors (Lipinski definition) is 1. The molecular weight excluding hydrogens is 470 g/mol. The number of thiophene rings is 1. The number of pyridine rings is 1. The number of carbonyl (C=O) groups is 1. The fourth-order valence-corrected chi connectivity index (χ4v) is 5.18. The van der Waals surface area contributed by atoms with Crippen molar-refractivity contribution in [3.63, 3.8) is 0 Å². The molecular formula is C25H32BrN3OS. The summed E-state index contributed by atoms with van der Waals surface area (Å²) in [7, 11) is 0. The van der Waals surface area contributed by atoms with E-state index in [0.717, 1.165) is 51.3 Å². The molecule has 0 aliphatic heterocycles. The van der Waals surface area contributed by atoms with Crippen LogP contribution in [0.1, 0.15) is 44.5 Å². The van der Waals surface area contributed by atoms with Crippen LogP contribution >= 0.6 is 27.3 Å². The van der Waals surface area contributed by atoms with Gasteiger partial charge in [0.1, 0.15) is 0 Å². The van der Waals surface area contributed by atoms with Crippen molar-refractivity contribution < 1.29 is 4.79 Å². The molecule has 0 atom stereocenters. The van der Waals surface area contributed by atoms with E-state index < -0.39 is 0 Å².